The number of carbonyl (C=O) groups is 1. The summed E-state index contributed by atoms with van der Waals surface area (Å²) in [5.41, 5.74) is 0.207. The highest BCUT2D eigenvalue weighted by atomic mass is 19.1. The van der Waals surface area contributed by atoms with Crippen LogP contribution in [0.3, 0.4) is 0 Å². The van der Waals surface area contributed by atoms with Crippen LogP contribution < -0.4 is 5.32 Å². The molecule has 1 aromatic rings. The first-order valence-corrected chi connectivity index (χ1v) is 6.47. The van der Waals surface area contributed by atoms with Gasteiger partial charge >= 0.3 is 0 Å². The monoisotopic (exact) mass is 266 g/mol. The number of likely N-dealkylation sites (N-methyl/N-ethyl adjacent to an activating group) is 1. The minimum absolute atomic E-state index is 0.0261. The lowest BCUT2D eigenvalue weighted by atomic mass is 10.1. The standard InChI is InChI=1S/C14H19FN2O2/c1-17(10-6-7-10)9-14(19)16-8-13(18)11-4-2-3-5-12(11)15/h2-5,10,13,18H,6-9H2,1H3,(H,16,19). The number of nitrogens with zero attached hydrogens (tertiary/aromatic N) is 1. The molecule has 0 saturated heterocycles. The summed E-state index contributed by atoms with van der Waals surface area (Å²) < 4.78 is 13.4. The Morgan fingerprint density at radius 3 is 2.84 bits per heavy atom. The number of hydrogen-bond acceptors (Lipinski definition) is 3. The second-order valence-electron chi connectivity index (χ2n) is 4.99. The molecule has 1 aromatic carbocycles. The Labute approximate surface area is 112 Å². The highest BCUT2D eigenvalue weighted by molar-refractivity contribution is 5.78. The zero-order valence-electron chi connectivity index (χ0n) is 11.0. The molecule has 19 heavy (non-hydrogen) atoms. The quantitative estimate of drug-likeness (QED) is 0.810. The normalized spacial score (nSPS) is 16.4. The van der Waals surface area contributed by atoms with E-state index >= 15 is 0 Å². The summed E-state index contributed by atoms with van der Waals surface area (Å²) in [6, 6.07) is 6.55. The van der Waals surface area contributed by atoms with Crippen LogP contribution in [-0.2, 0) is 4.79 Å². The van der Waals surface area contributed by atoms with E-state index in [1.54, 1.807) is 12.1 Å². The smallest absolute Gasteiger partial charge is 0.234 e. The zero-order valence-corrected chi connectivity index (χ0v) is 11.0. The lowest BCUT2D eigenvalue weighted by Gasteiger charge is -2.17. The van der Waals surface area contributed by atoms with Gasteiger partial charge in [0.2, 0.25) is 5.91 Å². The predicted molar refractivity (Wildman–Crippen MR) is 70.0 cm³/mol. The molecular weight excluding hydrogens is 247 g/mol. The van der Waals surface area contributed by atoms with Gasteiger partial charge in [-0.05, 0) is 26.0 Å². The van der Waals surface area contributed by atoms with Crippen molar-refractivity contribution >= 4 is 5.91 Å². The Morgan fingerprint density at radius 1 is 1.53 bits per heavy atom. The number of carbonyl (C=O) groups excluding carboxylic acids is 1. The van der Waals surface area contributed by atoms with E-state index in [0.29, 0.717) is 12.6 Å². The van der Waals surface area contributed by atoms with Crippen molar-refractivity contribution in [3.63, 3.8) is 0 Å². The van der Waals surface area contributed by atoms with Crippen molar-refractivity contribution in [2.75, 3.05) is 20.1 Å². The third-order valence-electron chi connectivity index (χ3n) is 3.32. The molecule has 0 heterocycles. The van der Waals surface area contributed by atoms with Gasteiger partial charge in [0, 0.05) is 18.2 Å². The molecule has 1 saturated carbocycles. The Morgan fingerprint density at radius 2 is 2.21 bits per heavy atom. The maximum atomic E-state index is 13.4. The Kier molecular flexibility index (Phi) is 4.50. The molecule has 2 N–H and O–H groups in total. The third kappa shape index (κ3) is 4.01. The molecule has 0 aromatic heterocycles. The van der Waals surface area contributed by atoms with Gasteiger partial charge in [-0.1, -0.05) is 18.2 Å². The fourth-order valence-electron chi connectivity index (χ4n) is 1.99. The minimum atomic E-state index is -1.02. The Bertz CT molecular complexity index is 449. The average Bonchev–Trinajstić information content (AvgIpc) is 3.20. The largest absolute Gasteiger partial charge is 0.386 e. The zero-order chi connectivity index (χ0) is 13.8. The van der Waals surface area contributed by atoms with Crippen molar-refractivity contribution in [2.45, 2.75) is 25.0 Å². The lowest BCUT2D eigenvalue weighted by Crippen LogP contribution is -2.38. The number of rotatable bonds is 6. The summed E-state index contributed by atoms with van der Waals surface area (Å²) in [7, 11) is 1.91. The van der Waals surface area contributed by atoms with E-state index in [0.717, 1.165) is 12.8 Å². The van der Waals surface area contributed by atoms with Crippen LogP contribution in [-0.4, -0.2) is 42.1 Å². The molecule has 1 aliphatic carbocycles. The van der Waals surface area contributed by atoms with Crippen LogP contribution in [0.4, 0.5) is 4.39 Å². The van der Waals surface area contributed by atoms with Gasteiger partial charge in [-0.2, -0.15) is 0 Å². The summed E-state index contributed by atoms with van der Waals surface area (Å²) in [4.78, 5) is 13.6. The van der Waals surface area contributed by atoms with Gasteiger partial charge in [-0.15, -0.1) is 0 Å². The van der Waals surface area contributed by atoms with Gasteiger partial charge < -0.3 is 10.4 Å². The van der Waals surface area contributed by atoms with Crippen LogP contribution in [0.25, 0.3) is 0 Å². The summed E-state index contributed by atoms with van der Waals surface area (Å²) in [5.74, 6) is -0.607. The third-order valence-corrected chi connectivity index (χ3v) is 3.32. The van der Waals surface area contributed by atoms with Gasteiger partial charge in [-0.25, -0.2) is 4.39 Å². The topological polar surface area (TPSA) is 52.6 Å². The molecule has 1 fully saturated rings. The van der Waals surface area contributed by atoms with Crippen molar-refractivity contribution < 1.29 is 14.3 Å². The molecule has 0 spiro atoms. The van der Waals surface area contributed by atoms with Gasteiger partial charge in [0.15, 0.2) is 0 Å². The van der Waals surface area contributed by atoms with Gasteiger partial charge in [0.05, 0.1) is 12.6 Å². The highest BCUT2D eigenvalue weighted by Gasteiger charge is 2.27. The average molecular weight is 266 g/mol. The van der Waals surface area contributed by atoms with E-state index in [-0.39, 0.29) is 18.0 Å². The van der Waals surface area contributed by atoms with Gasteiger partial charge in [0.1, 0.15) is 5.82 Å². The minimum Gasteiger partial charge on any atom is -0.386 e. The highest BCUT2D eigenvalue weighted by Crippen LogP contribution is 2.24. The predicted octanol–water partition coefficient (Wildman–Crippen LogP) is 1.07. The number of nitrogens with one attached hydrogen (secondary N) is 1. The summed E-state index contributed by atoms with van der Waals surface area (Å²) >= 11 is 0. The van der Waals surface area contributed by atoms with E-state index in [1.165, 1.54) is 12.1 Å². The molecule has 0 aliphatic heterocycles. The fraction of sp³-hybridized carbons (Fsp3) is 0.500. The van der Waals surface area contributed by atoms with E-state index in [9.17, 15) is 14.3 Å². The van der Waals surface area contributed by atoms with Crippen LogP contribution in [0.1, 0.15) is 24.5 Å². The Hall–Kier alpha value is -1.46. The SMILES string of the molecule is CN(CC(=O)NCC(O)c1ccccc1F)C1CC1. The van der Waals surface area contributed by atoms with Crippen molar-refractivity contribution in [1.82, 2.24) is 10.2 Å². The number of hydrogen-bond donors (Lipinski definition) is 2. The van der Waals surface area contributed by atoms with Crippen molar-refractivity contribution in [1.29, 1.82) is 0 Å². The fourth-order valence-corrected chi connectivity index (χ4v) is 1.99. The summed E-state index contributed by atoms with van der Waals surface area (Å²) in [6.45, 7) is 0.340. The molecule has 104 valence electrons. The number of amides is 1. The molecule has 1 aliphatic rings. The summed E-state index contributed by atoms with van der Waals surface area (Å²) in [5, 5.41) is 12.5. The van der Waals surface area contributed by atoms with Crippen LogP contribution in [0.2, 0.25) is 0 Å². The number of benzene rings is 1. The van der Waals surface area contributed by atoms with Crippen LogP contribution >= 0.6 is 0 Å². The molecule has 1 atom stereocenters. The molecule has 2 rings (SSSR count). The maximum absolute atomic E-state index is 13.4. The van der Waals surface area contributed by atoms with Crippen LogP contribution in [0.15, 0.2) is 24.3 Å². The van der Waals surface area contributed by atoms with Crippen LogP contribution in [0, 0.1) is 5.82 Å². The molecule has 4 nitrogen and oxygen atoms in total. The molecule has 0 radical (unpaired) electrons. The van der Waals surface area contributed by atoms with E-state index in [4.69, 9.17) is 0 Å². The lowest BCUT2D eigenvalue weighted by molar-refractivity contribution is -0.122. The van der Waals surface area contributed by atoms with Crippen LogP contribution in [0.5, 0.6) is 0 Å². The molecule has 1 amide bonds. The number of aliphatic hydroxyl groups excluding tert-OH is 1. The first-order valence-electron chi connectivity index (χ1n) is 6.47. The first kappa shape index (κ1) is 14.0. The van der Waals surface area contributed by atoms with Crippen molar-refractivity contribution in [2.24, 2.45) is 0 Å². The second kappa shape index (κ2) is 6.12. The van der Waals surface area contributed by atoms with E-state index in [1.807, 2.05) is 11.9 Å². The maximum Gasteiger partial charge on any atom is 0.234 e. The van der Waals surface area contributed by atoms with Gasteiger partial charge in [0.25, 0.3) is 0 Å². The molecule has 0 bridgehead atoms. The number of aliphatic hydroxyl groups is 1. The molecular formula is C14H19FN2O2. The van der Waals surface area contributed by atoms with E-state index in [2.05, 4.69) is 5.32 Å². The number of halogens is 1. The summed E-state index contributed by atoms with van der Waals surface area (Å²) in [6.07, 6.45) is 1.26. The van der Waals surface area contributed by atoms with Crippen molar-refractivity contribution in [3.8, 4) is 0 Å². The van der Waals surface area contributed by atoms with E-state index < -0.39 is 11.9 Å². The Balaban J connectivity index is 1.78. The second-order valence-corrected chi connectivity index (χ2v) is 4.99. The van der Waals surface area contributed by atoms with Crippen molar-refractivity contribution in [3.05, 3.63) is 35.6 Å². The van der Waals surface area contributed by atoms with Gasteiger partial charge in [-0.3, -0.25) is 9.69 Å². The first-order chi connectivity index (χ1) is 9.08. The molecule has 1 unspecified atom stereocenters. The molecule has 5 heteroatoms.